The van der Waals surface area contributed by atoms with Crippen molar-refractivity contribution < 1.29 is 13.2 Å². The summed E-state index contributed by atoms with van der Waals surface area (Å²) in [5, 5.41) is 16.1. The first-order valence-electron chi connectivity index (χ1n) is 10.2. The molecule has 0 aliphatic carbocycles. The lowest BCUT2D eigenvalue weighted by molar-refractivity contribution is -0.176. The maximum absolute atomic E-state index is 14.9. The van der Waals surface area contributed by atoms with Crippen LogP contribution in [0.25, 0.3) is 0 Å². The second-order valence-electron chi connectivity index (χ2n) is 7.81. The Hall–Kier alpha value is -4.25. The van der Waals surface area contributed by atoms with Crippen LogP contribution in [-0.2, 0) is 5.54 Å². The van der Waals surface area contributed by atoms with Crippen LogP contribution in [0.1, 0.15) is 11.1 Å². The van der Waals surface area contributed by atoms with Crippen molar-refractivity contribution in [3.63, 3.8) is 0 Å². The minimum Gasteiger partial charge on any atom is -0.339 e. The van der Waals surface area contributed by atoms with Gasteiger partial charge in [0.05, 0.1) is 11.4 Å². The topological polar surface area (TPSA) is 63.5 Å². The number of guanidine groups is 1. The van der Waals surface area contributed by atoms with Crippen molar-refractivity contribution in [3.05, 3.63) is 101 Å². The predicted molar refractivity (Wildman–Crippen MR) is 122 cm³/mol. The number of benzene rings is 3. The molecule has 33 heavy (non-hydrogen) atoms. The molecule has 5 nitrogen and oxygen atoms in total. The summed E-state index contributed by atoms with van der Waals surface area (Å²) in [6, 6.07) is 23.5. The summed E-state index contributed by atoms with van der Waals surface area (Å²) in [5.41, 5.74) is -0.758. The molecule has 0 fully saturated rings. The Kier molecular flexibility index (Phi) is 4.64. The SMILES string of the molecule is Cc1ccc(NC2=NC(c3ccccc3)(C(F)(F)F)C(C#N)=C3Nc4ccccc4N23)cc1. The van der Waals surface area contributed by atoms with E-state index in [9.17, 15) is 18.4 Å². The Morgan fingerprint density at radius 1 is 0.970 bits per heavy atom. The molecule has 0 saturated carbocycles. The quantitative estimate of drug-likeness (QED) is 0.515. The van der Waals surface area contributed by atoms with Crippen LogP contribution in [0.5, 0.6) is 0 Å². The smallest absolute Gasteiger partial charge is 0.339 e. The molecule has 8 heteroatoms. The number of aliphatic imine (C=N–C) groups is 1. The van der Waals surface area contributed by atoms with Gasteiger partial charge in [0, 0.05) is 5.69 Å². The maximum atomic E-state index is 14.9. The number of aryl methyl sites for hydroxylation is 1. The number of hydrogen-bond donors (Lipinski definition) is 2. The van der Waals surface area contributed by atoms with Gasteiger partial charge in [-0.25, -0.2) is 4.99 Å². The molecule has 5 rings (SSSR count). The van der Waals surface area contributed by atoms with E-state index in [1.165, 1.54) is 29.2 Å². The second-order valence-corrected chi connectivity index (χ2v) is 7.81. The van der Waals surface area contributed by atoms with Crippen LogP contribution in [0.3, 0.4) is 0 Å². The highest BCUT2D eigenvalue weighted by Gasteiger charge is 2.63. The van der Waals surface area contributed by atoms with Crippen molar-refractivity contribution in [1.29, 1.82) is 5.26 Å². The third-order valence-corrected chi connectivity index (χ3v) is 5.73. The molecule has 3 aromatic rings. The number of rotatable bonds is 2. The number of nitrogens with one attached hydrogen (secondary N) is 2. The van der Waals surface area contributed by atoms with Crippen LogP contribution in [-0.4, -0.2) is 12.1 Å². The molecule has 164 valence electrons. The number of nitriles is 1. The summed E-state index contributed by atoms with van der Waals surface area (Å²) in [5.74, 6) is -0.00373. The molecule has 0 amide bonds. The number of fused-ring (bicyclic) bond motifs is 3. The molecule has 2 aliphatic rings. The monoisotopic (exact) mass is 445 g/mol. The van der Waals surface area contributed by atoms with Crippen LogP contribution in [0.4, 0.5) is 30.2 Å². The van der Waals surface area contributed by atoms with Gasteiger partial charge in [-0.05, 0) is 36.8 Å². The third kappa shape index (κ3) is 3.12. The van der Waals surface area contributed by atoms with E-state index in [1.807, 2.05) is 25.1 Å². The van der Waals surface area contributed by atoms with Crippen molar-refractivity contribution in [2.45, 2.75) is 18.6 Å². The fourth-order valence-electron chi connectivity index (χ4n) is 4.15. The van der Waals surface area contributed by atoms with E-state index in [-0.39, 0.29) is 17.3 Å². The summed E-state index contributed by atoms with van der Waals surface area (Å²) in [6.45, 7) is 1.92. The molecule has 0 aromatic heterocycles. The first-order valence-corrected chi connectivity index (χ1v) is 10.2. The van der Waals surface area contributed by atoms with E-state index in [1.54, 1.807) is 42.5 Å². The van der Waals surface area contributed by atoms with Crippen LogP contribution < -0.4 is 15.5 Å². The van der Waals surface area contributed by atoms with Gasteiger partial charge in [0.15, 0.2) is 0 Å². The first-order chi connectivity index (χ1) is 15.8. The van der Waals surface area contributed by atoms with Crippen LogP contribution >= 0.6 is 0 Å². The van der Waals surface area contributed by atoms with Gasteiger partial charge < -0.3 is 10.6 Å². The Balaban J connectivity index is 1.80. The van der Waals surface area contributed by atoms with Crippen LogP contribution in [0, 0.1) is 18.3 Å². The van der Waals surface area contributed by atoms with Crippen molar-refractivity contribution in [2.75, 3.05) is 15.5 Å². The lowest BCUT2D eigenvalue weighted by Crippen LogP contribution is -2.51. The highest BCUT2D eigenvalue weighted by Crippen LogP contribution is 2.53. The molecular formula is C25H18F3N5. The van der Waals surface area contributed by atoms with E-state index >= 15 is 0 Å². The van der Waals surface area contributed by atoms with Gasteiger partial charge in [-0.1, -0.05) is 60.2 Å². The van der Waals surface area contributed by atoms with Gasteiger partial charge in [-0.15, -0.1) is 0 Å². The Morgan fingerprint density at radius 2 is 1.64 bits per heavy atom. The molecule has 2 heterocycles. The summed E-state index contributed by atoms with van der Waals surface area (Å²) in [7, 11) is 0. The largest absolute Gasteiger partial charge is 0.423 e. The van der Waals surface area contributed by atoms with E-state index in [4.69, 9.17) is 0 Å². The van der Waals surface area contributed by atoms with Crippen molar-refractivity contribution in [3.8, 4) is 6.07 Å². The van der Waals surface area contributed by atoms with E-state index < -0.39 is 17.3 Å². The summed E-state index contributed by atoms with van der Waals surface area (Å²) >= 11 is 0. The molecular weight excluding hydrogens is 427 g/mol. The number of anilines is 3. The predicted octanol–water partition coefficient (Wildman–Crippen LogP) is 5.90. The lowest BCUT2D eigenvalue weighted by atomic mass is 9.81. The minimum absolute atomic E-state index is 0.0319. The van der Waals surface area contributed by atoms with Gasteiger partial charge in [0.1, 0.15) is 17.5 Å². The van der Waals surface area contributed by atoms with Crippen molar-refractivity contribution >= 4 is 23.0 Å². The molecule has 0 saturated heterocycles. The fourth-order valence-corrected chi connectivity index (χ4v) is 4.15. The third-order valence-electron chi connectivity index (χ3n) is 5.73. The number of nitrogens with zero attached hydrogens (tertiary/aromatic N) is 3. The van der Waals surface area contributed by atoms with Gasteiger partial charge in [-0.3, -0.25) is 4.90 Å². The zero-order chi connectivity index (χ0) is 23.2. The molecule has 1 atom stereocenters. The number of halogens is 3. The first kappa shape index (κ1) is 20.6. The highest BCUT2D eigenvalue weighted by molar-refractivity contribution is 6.13. The van der Waals surface area contributed by atoms with Gasteiger partial charge in [0.25, 0.3) is 0 Å². The summed E-state index contributed by atoms with van der Waals surface area (Å²) in [6.07, 6.45) is -4.88. The molecule has 0 spiro atoms. The Labute approximate surface area is 188 Å². The van der Waals surface area contributed by atoms with E-state index in [0.717, 1.165) is 5.56 Å². The van der Waals surface area contributed by atoms with E-state index in [2.05, 4.69) is 15.6 Å². The molecule has 3 aromatic carbocycles. The zero-order valence-corrected chi connectivity index (χ0v) is 17.5. The Morgan fingerprint density at radius 3 is 2.30 bits per heavy atom. The minimum atomic E-state index is -4.88. The molecule has 0 bridgehead atoms. The highest BCUT2D eigenvalue weighted by atomic mass is 19.4. The van der Waals surface area contributed by atoms with Gasteiger partial charge >= 0.3 is 6.18 Å². The standard InChI is InChI=1S/C25H18F3N5/c1-16-11-13-18(14-12-16)30-23-32-24(25(26,27)28,17-7-3-2-4-8-17)19(15-29)22-31-20-9-5-6-10-21(20)33(22)23/h2-14,31H,1H3,(H,30,32). The van der Waals surface area contributed by atoms with Gasteiger partial charge in [-0.2, -0.15) is 18.4 Å². The second kappa shape index (κ2) is 7.41. The number of para-hydroxylation sites is 2. The van der Waals surface area contributed by atoms with Crippen LogP contribution in [0.2, 0.25) is 0 Å². The van der Waals surface area contributed by atoms with E-state index in [0.29, 0.717) is 17.1 Å². The fraction of sp³-hybridized carbons (Fsp3) is 0.120. The molecule has 2 aliphatic heterocycles. The normalized spacial score (nSPS) is 19.2. The van der Waals surface area contributed by atoms with Crippen LogP contribution in [0.15, 0.2) is 95.2 Å². The summed E-state index contributed by atoms with van der Waals surface area (Å²) < 4.78 is 44.7. The average molecular weight is 445 g/mol. The number of alkyl halides is 3. The molecule has 0 radical (unpaired) electrons. The van der Waals surface area contributed by atoms with Gasteiger partial charge in [0.2, 0.25) is 11.5 Å². The summed E-state index contributed by atoms with van der Waals surface area (Å²) in [4.78, 5) is 5.78. The average Bonchev–Trinajstić information content (AvgIpc) is 3.19. The maximum Gasteiger partial charge on any atom is 0.423 e. The lowest BCUT2D eigenvalue weighted by Gasteiger charge is -2.39. The zero-order valence-electron chi connectivity index (χ0n) is 17.5. The Bertz CT molecular complexity index is 1320. The molecule has 1 unspecified atom stereocenters. The molecule has 2 N–H and O–H groups in total. The van der Waals surface area contributed by atoms with Crippen molar-refractivity contribution in [1.82, 2.24) is 0 Å². The number of hydrogen-bond acceptors (Lipinski definition) is 5. The van der Waals surface area contributed by atoms with Crippen molar-refractivity contribution in [2.24, 2.45) is 4.99 Å².